The highest BCUT2D eigenvalue weighted by atomic mass is 16.4. The average molecular weight is 288 g/mol. The maximum absolute atomic E-state index is 11.4. The number of carboxylic acid groups (broad SMARTS) is 3. The zero-order valence-corrected chi connectivity index (χ0v) is 10.8. The quantitative estimate of drug-likeness (QED) is 0.724. The molecule has 0 bridgehead atoms. The summed E-state index contributed by atoms with van der Waals surface area (Å²) in [6, 6.07) is 8.73. The van der Waals surface area contributed by atoms with Crippen molar-refractivity contribution in [1.29, 1.82) is 0 Å². The van der Waals surface area contributed by atoms with Gasteiger partial charge in [0.2, 0.25) is 0 Å². The van der Waals surface area contributed by atoms with Gasteiger partial charge >= 0.3 is 17.9 Å². The molecule has 1 aliphatic carbocycles. The number of carbonyl (C=O) groups is 3. The third-order valence-electron chi connectivity index (χ3n) is 3.44. The number of carboxylic acids is 3. The van der Waals surface area contributed by atoms with Crippen molar-refractivity contribution in [1.82, 2.24) is 0 Å². The third-order valence-corrected chi connectivity index (χ3v) is 3.44. The molecule has 1 unspecified atom stereocenters. The molecule has 0 spiro atoms. The summed E-state index contributed by atoms with van der Waals surface area (Å²) >= 11 is 0. The Labute approximate surface area is 119 Å². The molecule has 3 N–H and O–H groups in total. The van der Waals surface area contributed by atoms with Gasteiger partial charge in [0.15, 0.2) is 5.41 Å². The van der Waals surface area contributed by atoms with Crippen molar-refractivity contribution in [2.75, 3.05) is 0 Å². The molecule has 0 aromatic heterocycles. The molecule has 6 heteroatoms. The minimum absolute atomic E-state index is 0.473. The molecule has 1 atom stereocenters. The molecule has 0 saturated heterocycles. The fourth-order valence-corrected chi connectivity index (χ4v) is 2.28. The number of hydrogen-bond donors (Lipinski definition) is 3. The van der Waals surface area contributed by atoms with Crippen molar-refractivity contribution in [3.63, 3.8) is 0 Å². The van der Waals surface area contributed by atoms with Crippen LogP contribution in [0.2, 0.25) is 0 Å². The van der Waals surface area contributed by atoms with Gasteiger partial charge in [0.25, 0.3) is 0 Å². The van der Waals surface area contributed by atoms with E-state index in [1.54, 1.807) is 30.3 Å². The molecule has 0 fully saturated rings. The largest absolute Gasteiger partial charge is 0.481 e. The van der Waals surface area contributed by atoms with Crippen molar-refractivity contribution in [3.8, 4) is 0 Å². The van der Waals surface area contributed by atoms with E-state index in [1.807, 2.05) is 0 Å². The summed E-state index contributed by atoms with van der Waals surface area (Å²) in [6.45, 7) is 0. The summed E-state index contributed by atoms with van der Waals surface area (Å²) in [4.78, 5) is 34.1. The molecule has 1 aromatic rings. The van der Waals surface area contributed by atoms with E-state index >= 15 is 0 Å². The molecule has 1 aromatic carbocycles. The fraction of sp³-hybridized carbons (Fsp3) is 0.133. The summed E-state index contributed by atoms with van der Waals surface area (Å²) in [5.41, 5.74) is -1.34. The van der Waals surface area contributed by atoms with Crippen molar-refractivity contribution >= 4 is 23.5 Å². The lowest BCUT2D eigenvalue weighted by Gasteiger charge is -2.29. The summed E-state index contributed by atoms with van der Waals surface area (Å²) < 4.78 is 0. The van der Waals surface area contributed by atoms with Crippen LogP contribution in [0.3, 0.4) is 0 Å². The summed E-state index contributed by atoms with van der Waals surface area (Å²) in [5, 5.41) is 27.7. The maximum atomic E-state index is 11.4. The van der Waals surface area contributed by atoms with Gasteiger partial charge in [0, 0.05) is 0 Å². The third kappa shape index (κ3) is 2.31. The van der Waals surface area contributed by atoms with E-state index < -0.39 is 29.2 Å². The van der Waals surface area contributed by atoms with E-state index in [-0.39, 0.29) is 0 Å². The first-order valence-electron chi connectivity index (χ1n) is 6.05. The predicted molar refractivity (Wildman–Crippen MR) is 72.4 cm³/mol. The van der Waals surface area contributed by atoms with E-state index in [0.717, 1.165) is 6.08 Å². The van der Waals surface area contributed by atoms with E-state index in [1.165, 1.54) is 12.2 Å². The highest BCUT2D eigenvalue weighted by Gasteiger charge is 2.55. The van der Waals surface area contributed by atoms with Gasteiger partial charge in [0.05, 0.1) is 0 Å². The van der Waals surface area contributed by atoms with Crippen LogP contribution in [0.1, 0.15) is 5.56 Å². The van der Waals surface area contributed by atoms with Gasteiger partial charge in [0.1, 0.15) is 5.92 Å². The fourth-order valence-electron chi connectivity index (χ4n) is 2.28. The normalized spacial score (nSPS) is 19.6. The van der Waals surface area contributed by atoms with Crippen LogP contribution in [0.5, 0.6) is 0 Å². The van der Waals surface area contributed by atoms with Crippen molar-refractivity contribution in [3.05, 3.63) is 54.1 Å². The Morgan fingerprint density at radius 3 is 2.00 bits per heavy atom. The average Bonchev–Trinajstić information content (AvgIpc) is 2.46. The number of rotatable bonds is 4. The second-order valence-electron chi connectivity index (χ2n) is 4.62. The second kappa shape index (κ2) is 5.24. The zero-order chi connectivity index (χ0) is 15.6. The number of benzene rings is 1. The topological polar surface area (TPSA) is 112 Å². The Morgan fingerprint density at radius 2 is 1.52 bits per heavy atom. The van der Waals surface area contributed by atoms with Gasteiger partial charge in [-0.25, -0.2) is 0 Å². The van der Waals surface area contributed by atoms with Crippen molar-refractivity contribution < 1.29 is 29.7 Å². The van der Waals surface area contributed by atoms with E-state index in [9.17, 15) is 29.7 Å². The van der Waals surface area contributed by atoms with Gasteiger partial charge in [-0.05, 0) is 11.1 Å². The van der Waals surface area contributed by atoms with E-state index in [0.29, 0.717) is 11.1 Å². The highest BCUT2D eigenvalue weighted by molar-refractivity contribution is 6.07. The van der Waals surface area contributed by atoms with Crippen LogP contribution < -0.4 is 0 Å². The first-order valence-corrected chi connectivity index (χ1v) is 6.05. The monoisotopic (exact) mass is 288 g/mol. The molecule has 1 aliphatic rings. The number of allylic oxidation sites excluding steroid dienone is 2. The first-order chi connectivity index (χ1) is 9.89. The molecule has 21 heavy (non-hydrogen) atoms. The highest BCUT2D eigenvalue weighted by Crippen LogP contribution is 2.39. The summed E-state index contributed by atoms with van der Waals surface area (Å²) in [6.07, 6.45) is 3.43. The van der Waals surface area contributed by atoms with Crippen LogP contribution in [-0.4, -0.2) is 33.2 Å². The Hall–Kier alpha value is -2.89. The molecule has 6 nitrogen and oxygen atoms in total. The van der Waals surface area contributed by atoms with Gasteiger partial charge in [-0.3, -0.25) is 14.4 Å². The number of aliphatic carboxylic acids is 3. The summed E-state index contributed by atoms with van der Waals surface area (Å²) in [7, 11) is 0. The predicted octanol–water partition coefficient (Wildman–Crippen LogP) is 1.50. The lowest BCUT2D eigenvalue weighted by atomic mass is 9.70. The summed E-state index contributed by atoms with van der Waals surface area (Å²) in [5.74, 6) is -6.60. The van der Waals surface area contributed by atoms with Crippen LogP contribution in [0.4, 0.5) is 0 Å². The Balaban J connectivity index is 2.56. The Kier molecular flexibility index (Phi) is 3.62. The molecule has 0 amide bonds. The molecule has 0 radical (unpaired) electrons. The second-order valence-corrected chi connectivity index (χ2v) is 4.62. The van der Waals surface area contributed by atoms with Crippen LogP contribution in [0, 0.1) is 11.3 Å². The maximum Gasteiger partial charge on any atom is 0.326 e. The number of hydrogen-bond acceptors (Lipinski definition) is 3. The van der Waals surface area contributed by atoms with Gasteiger partial charge in [-0.1, -0.05) is 48.6 Å². The van der Waals surface area contributed by atoms with Gasteiger partial charge < -0.3 is 15.3 Å². The standard InChI is InChI=1S/C15H12O6/c16-12(17)11-8-10(9-4-2-1-3-5-9)6-7-15(11,13(18)19)14(20)21/h1-8,11H,(H,16,17)(H,18,19)(H,20,21). The minimum atomic E-state index is -2.50. The Morgan fingerprint density at radius 1 is 0.952 bits per heavy atom. The molecular weight excluding hydrogens is 276 g/mol. The lowest BCUT2D eigenvalue weighted by Crippen LogP contribution is -2.47. The van der Waals surface area contributed by atoms with Crippen LogP contribution in [0.15, 0.2) is 48.6 Å². The SMILES string of the molecule is O=C(O)C1C=C(c2ccccc2)C=CC1(C(=O)O)C(=O)O. The molecule has 0 heterocycles. The van der Waals surface area contributed by atoms with Crippen molar-refractivity contribution in [2.45, 2.75) is 0 Å². The van der Waals surface area contributed by atoms with E-state index in [4.69, 9.17) is 0 Å². The van der Waals surface area contributed by atoms with Crippen LogP contribution in [0.25, 0.3) is 5.57 Å². The molecule has 0 aliphatic heterocycles. The Bertz CT molecular complexity index is 642. The minimum Gasteiger partial charge on any atom is -0.481 e. The van der Waals surface area contributed by atoms with Crippen LogP contribution in [-0.2, 0) is 14.4 Å². The van der Waals surface area contributed by atoms with Gasteiger partial charge in [-0.2, -0.15) is 0 Å². The molecule has 2 rings (SSSR count). The smallest absolute Gasteiger partial charge is 0.326 e. The first kappa shape index (κ1) is 14.5. The van der Waals surface area contributed by atoms with E-state index in [2.05, 4.69) is 0 Å². The van der Waals surface area contributed by atoms with Gasteiger partial charge in [-0.15, -0.1) is 0 Å². The zero-order valence-electron chi connectivity index (χ0n) is 10.8. The molecule has 108 valence electrons. The van der Waals surface area contributed by atoms with Crippen LogP contribution >= 0.6 is 0 Å². The van der Waals surface area contributed by atoms with Crippen molar-refractivity contribution in [2.24, 2.45) is 11.3 Å². The lowest BCUT2D eigenvalue weighted by molar-refractivity contribution is -0.169. The molecular formula is C15H12O6. The molecule has 0 saturated carbocycles.